The molecule has 0 spiro atoms. The molecule has 5 nitrogen and oxygen atoms in total. The highest BCUT2D eigenvalue weighted by atomic mass is 32.2. The van der Waals surface area contributed by atoms with E-state index in [4.69, 9.17) is 0 Å². The molecule has 19 heavy (non-hydrogen) atoms. The maximum absolute atomic E-state index is 9.18. The average Bonchev–Trinajstić information content (AvgIpc) is 2.90. The van der Waals surface area contributed by atoms with Crippen molar-refractivity contribution in [2.24, 2.45) is 0 Å². The molecule has 0 aliphatic carbocycles. The molecule has 0 fully saturated rings. The van der Waals surface area contributed by atoms with Crippen molar-refractivity contribution >= 4 is 22.9 Å². The van der Waals surface area contributed by atoms with Crippen molar-refractivity contribution in [3.05, 3.63) is 42.0 Å². The number of fused-ring (bicyclic) bond motifs is 1. The summed E-state index contributed by atoms with van der Waals surface area (Å²) in [5.74, 6) is 0. The largest absolute Gasteiger partial charge is 0.341 e. The van der Waals surface area contributed by atoms with Gasteiger partial charge in [0, 0.05) is 4.90 Å². The second-order valence-electron chi connectivity index (χ2n) is 3.95. The number of aromatic nitrogens is 4. The van der Waals surface area contributed by atoms with Crippen molar-refractivity contribution in [2.45, 2.75) is 16.8 Å². The van der Waals surface area contributed by atoms with Gasteiger partial charge in [-0.2, -0.15) is 5.26 Å². The minimum atomic E-state index is 0.629. The molecule has 0 amide bonds. The first-order valence-corrected chi connectivity index (χ1v) is 6.43. The highest BCUT2D eigenvalue weighted by molar-refractivity contribution is 7.99. The summed E-state index contributed by atoms with van der Waals surface area (Å²) < 4.78 is 0. The van der Waals surface area contributed by atoms with E-state index in [0.29, 0.717) is 11.2 Å². The van der Waals surface area contributed by atoms with Crippen LogP contribution >= 0.6 is 11.8 Å². The molecule has 3 rings (SSSR count). The van der Waals surface area contributed by atoms with Crippen molar-refractivity contribution in [1.82, 2.24) is 19.9 Å². The van der Waals surface area contributed by atoms with Crippen LogP contribution in [-0.2, 0) is 0 Å². The van der Waals surface area contributed by atoms with Gasteiger partial charge in [0.25, 0.3) is 0 Å². The van der Waals surface area contributed by atoms with Crippen LogP contribution in [0.1, 0.15) is 11.1 Å². The minimum absolute atomic E-state index is 0.629. The molecule has 0 atom stereocenters. The molecule has 2 aromatic heterocycles. The van der Waals surface area contributed by atoms with Gasteiger partial charge in [0.05, 0.1) is 11.9 Å². The first-order chi connectivity index (χ1) is 9.29. The van der Waals surface area contributed by atoms with Crippen LogP contribution in [0.3, 0.4) is 0 Å². The molecule has 3 aromatic rings. The molecule has 0 saturated heterocycles. The van der Waals surface area contributed by atoms with E-state index in [9.17, 15) is 5.26 Å². The zero-order valence-electron chi connectivity index (χ0n) is 10.1. The molecule has 0 radical (unpaired) electrons. The summed E-state index contributed by atoms with van der Waals surface area (Å²) >= 11 is 1.45. The van der Waals surface area contributed by atoms with E-state index in [1.54, 1.807) is 12.4 Å². The van der Waals surface area contributed by atoms with Crippen LogP contribution in [-0.4, -0.2) is 19.9 Å². The molecule has 0 aliphatic rings. The quantitative estimate of drug-likeness (QED) is 0.722. The highest BCUT2D eigenvalue weighted by Crippen LogP contribution is 2.34. The third-order valence-electron chi connectivity index (χ3n) is 2.72. The number of nitriles is 1. The molecule has 6 heteroatoms. The Morgan fingerprint density at radius 2 is 2.16 bits per heavy atom. The number of nitrogens with zero attached hydrogens (tertiary/aromatic N) is 4. The fraction of sp³-hybridized carbons (Fsp3) is 0.0769. The Morgan fingerprint density at radius 1 is 1.26 bits per heavy atom. The molecule has 0 aliphatic heterocycles. The third-order valence-corrected chi connectivity index (χ3v) is 3.97. The van der Waals surface area contributed by atoms with E-state index in [0.717, 1.165) is 21.0 Å². The van der Waals surface area contributed by atoms with Crippen molar-refractivity contribution in [3.8, 4) is 6.07 Å². The maximum atomic E-state index is 9.18. The van der Waals surface area contributed by atoms with E-state index in [1.807, 2.05) is 19.1 Å². The lowest BCUT2D eigenvalue weighted by Gasteiger charge is -2.06. The van der Waals surface area contributed by atoms with Gasteiger partial charge in [0.15, 0.2) is 5.65 Å². The Hall–Kier alpha value is -2.39. The molecule has 92 valence electrons. The highest BCUT2D eigenvalue weighted by Gasteiger charge is 2.12. The summed E-state index contributed by atoms with van der Waals surface area (Å²) in [6, 6.07) is 7.87. The number of hydrogen-bond donors (Lipinski definition) is 1. The second kappa shape index (κ2) is 4.71. The summed E-state index contributed by atoms with van der Waals surface area (Å²) in [6.07, 6.45) is 3.07. The zero-order valence-corrected chi connectivity index (χ0v) is 10.9. The van der Waals surface area contributed by atoms with Crippen LogP contribution in [0, 0.1) is 18.3 Å². The Balaban J connectivity index is 2.12. The number of nitrogens with one attached hydrogen (secondary N) is 1. The summed E-state index contributed by atoms with van der Waals surface area (Å²) in [5, 5.41) is 9.95. The molecule has 0 saturated carbocycles. The second-order valence-corrected chi connectivity index (χ2v) is 4.94. The van der Waals surface area contributed by atoms with Gasteiger partial charge >= 0.3 is 0 Å². The lowest BCUT2D eigenvalue weighted by molar-refractivity contribution is 1.08. The summed E-state index contributed by atoms with van der Waals surface area (Å²) in [6.45, 7) is 1.98. The molecule has 0 unspecified atom stereocenters. The summed E-state index contributed by atoms with van der Waals surface area (Å²) in [4.78, 5) is 16.4. The fourth-order valence-corrected chi connectivity index (χ4v) is 2.79. The lowest BCUT2D eigenvalue weighted by Crippen LogP contribution is -1.90. The lowest BCUT2D eigenvalue weighted by atomic mass is 10.1. The molecular formula is C13H9N5S. The molecule has 2 heterocycles. The van der Waals surface area contributed by atoms with Gasteiger partial charge in [-0.25, -0.2) is 15.0 Å². The first-order valence-electron chi connectivity index (χ1n) is 5.61. The summed E-state index contributed by atoms with van der Waals surface area (Å²) in [5.41, 5.74) is 3.12. The Bertz CT molecular complexity index is 787. The van der Waals surface area contributed by atoms with Gasteiger partial charge < -0.3 is 4.98 Å². The topological polar surface area (TPSA) is 78.2 Å². The van der Waals surface area contributed by atoms with E-state index in [1.165, 1.54) is 18.1 Å². The van der Waals surface area contributed by atoms with Gasteiger partial charge in [0.2, 0.25) is 0 Å². The molecule has 1 N–H and O–H groups in total. The van der Waals surface area contributed by atoms with E-state index >= 15 is 0 Å². The predicted octanol–water partition coefficient (Wildman–Crippen LogP) is 2.68. The smallest absolute Gasteiger partial charge is 0.181 e. The number of rotatable bonds is 2. The van der Waals surface area contributed by atoms with Crippen LogP contribution in [0.2, 0.25) is 0 Å². The van der Waals surface area contributed by atoms with E-state index in [-0.39, 0.29) is 0 Å². The maximum Gasteiger partial charge on any atom is 0.181 e. The van der Waals surface area contributed by atoms with E-state index in [2.05, 4.69) is 26.0 Å². The van der Waals surface area contributed by atoms with Gasteiger partial charge in [-0.15, -0.1) is 0 Å². The summed E-state index contributed by atoms with van der Waals surface area (Å²) in [7, 11) is 0. The van der Waals surface area contributed by atoms with Gasteiger partial charge in [-0.1, -0.05) is 23.9 Å². The number of imidazole rings is 1. The van der Waals surface area contributed by atoms with Crippen LogP contribution in [0.15, 0.2) is 40.8 Å². The Morgan fingerprint density at radius 3 is 3.00 bits per heavy atom. The number of hydrogen-bond acceptors (Lipinski definition) is 5. The SMILES string of the molecule is Cc1cccc(C#N)c1Sc1ncnc2nc[nH]c12. The number of aryl methyl sites for hydroxylation is 1. The molecule has 1 aromatic carbocycles. The molecule has 0 bridgehead atoms. The average molecular weight is 267 g/mol. The van der Waals surface area contributed by atoms with E-state index < -0.39 is 0 Å². The van der Waals surface area contributed by atoms with Crippen molar-refractivity contribution in [2.75, 3.05) is 0 Å². The monoisotopic (exact) mass is 267 g/mol. The van der Waals surface area contributed by atoms with Crippen LogP contribution in [0.5, 0.6) is 0 Å². The third kappa shape index (κ3) is 2.04. The molecular weight excluding hydrogens is 258 g/mol. The predicted molar refractivity (Wildman–Crippen MR) is 71.7 cm³/mol. The number of benzene rings is 1. The minimum Gasteiger partial charge on any atom is -0.341 e. The van der Waals surface area contributed by atoms with Gasteiger partial charge in [-0.3, -0.25) is 0 Å². The van der Waals surface area contributed by atoms with Crippen LogP contribution < -0.4 is 0 Å². The number of H-pyrrole nitrogens is 1. The standard InChI is InChI=1S/C13H9N5S/c1-8-3-2-4-9(5-14)11(8)19-13-10-12(16-6-15-10)17-7-18-13/h2-4,6-7H,1H3,(H,15,16,17,18). The Kier molecular flexibility index (Phi) is 2.89. The van der Waals surface area contributed by atoms with Crippen molar-refractivity contribution in [3.63, 3.8) is 0 Å². The normalized spacial score (nSPS) is 10.5. The van der Waals surface area contributed by atoms with Crippen LogP contribution in [0.25, 0.3) is 11.2 Å². The van der Waals surface area contributed by atoms with Gasteiger partial charge in [0.1, 0.15) is 22.9 Å². The zero-order chi connectivity index (χ0) is 13.2. The van der Waals surface area contributed by atoms with Gasteiger partial charge in [-0.05, 0) is 18.6 Å². The van der Waals surface area contributed by atoms with Crippen molar-refractivity contribution in [1.29, 1.82) is 5.26 Å². The Labute approximate surface area is 113 Å². The number of aromatic amines is 1. The van der Waals surface area contributed by atoms with Crippen LogP contribution in [0.4, 0.5) is 0 Å². The van der Waals surface area contributed by atoms with Crippen molar-refractivity contribution < 1.29 is 0 Å². The first kappa shape index (κ1) is 11.7. The fourth-order valence-electron chi connectivity index (χ4n) is 1.79.